The summed E-state index contributed by atoms with van der Waals surface area (Å²) in [6.07, 6.45) is 1.74. The van der Waals surface area contributed by atoms with Crippen molar-refractivity contribution in [1.82, 2.24) is 9.88 Å². The SMILES string of the molecule is Cc1cc(C)cc(C(=O)N2CC(Oc3ccccn3)C2)c1. The Labute approximate surface area is 124 Å². The molecule has 1 aliphatic heterocycles. The lowest BCUT2D eigenvalue weighted by atomic mass is 10.0. The van der Waals surface area contributed by atoms with E-state index in [4.69, 9.17) is 4.74 Å². The standard InChI is InChI=1S/C17H18N2O2/c1-12-7-13(2)9-14(8-12)17(20)19-10-15(11-19)21-16-5-3-4-6-18-16/h3-9,15H,10-11H2,1-2H3. The average Bonchev–Trinajstić information content (AvgIpc) is 2.42. The van der Waals surface area contributed by atoms with Crippen LogP contribution in [-0.2, 0) is 0 Å². The number of hydrogen-bond acceptors (Lipinski definition) is 3. The Morgan fingerprint density at radius 2 is 1.90 bits per heavy atom. The van der Waals surface area contributed by atoms with Gasteiger partial charge in [0.25, 0.3) is 5.91 Å². The maximum Gasteiger partial charge on any atom is 0.254 e. The van der Waals surface area contributed by atoms with Crippen LogP contribution in [0.15, 0.2) is 42.6 Å². The summed E-state index contributed by atoms with van der Waals surface area (Å²) in [6.45, 7) is 5.24. The molecule has 1 aromatic carbocycles. The van der Waals surface area contributed by atoms with Gasteiger partial charge in [0.05, 0.1) is 13.1 Å². The second-order valence-electron chi connectivity index (χ2n) is 5.49. The fourth-order valence-electron chi connectivity index (χ4n) is 2.55. The van der Waals surface area contributed by atoms with Crippen LogP contribution in [0.1, 0.15) is 21.5 Å². The van der Waals surface area contributed by atoms with Gasteiger partial charge < -0.3 is 9.64 Å². The first-order chi connectivity index (χ1) is 10.1. The number of likely N-dealkylation sites (tertiary alicyclic amines) is 1. The minimum absolute atomic E-state index is 0.0368. The van der Waals surface area contributed by atoms with Gasteiger partial charge in [-0.05, 0) is 32.0 Å². The molecule has 4 heteroatoms. The van der Waals surface area contributed by atoms with E-state index in [-0.39, 0.29) is 12.0 Å². The van der Waals surface area contributed by atoms with E-state index >= 15 is 0 Å². The Morgan fingerprint density at radius 3 is 2.52 bits per heavy atom. The third-order valence-corrected chi connectivity index (χ3v) is 3.53. The second kappa shape index (κ2) is 5.56. The molecule has 21 heavy (non-hydrogen) atoms. The Bertz CT molecular complexity index is 629. The van der Waals surface area contributed by atoms with Crippen LogP contribution in [0.2, 0.25) is 0 Å². The van der Waals surface area contributed by atoms with Gasteiger partial charge >= 0.3 is 0 Å². The third-order valence-electron chi connectivity index (χ3n) is 3.53. The predicted molar refractivity (Wildman–Crippen MR) is 80.5 cm³/mol. The van der Waals surface area contributed by atoms with E-state index in [2.05, 4.69) is 11.1 Å². The molecule has 3 rings (SSSR count). The number of ether oxygens (including phenoxy) is 1. The number of aromatic nitrogens is 1. The van der Waals surface area contributed by atoms with Crippen molar-refractivity contribution in [2.24, 2.45) is 0 Å². The normalized spacial score (nSPS) is 14.7. The molecule has 1 fully saturated rings. The molecule has 1 aromatic heterocycles. The lowest BCUT2D eigenvalue weighted by molar-refractivity contribution is 0.0160. The van der Waals surface area contributed by atoms with Crippen molar-refractivity contribution in [3.05, 3.63) is 59.3 Å². The number of benzene rings is 1. The van der Waals surface area contributed by atoms with Gasteiger partial charge in [0.1, 0.15) is 6.10 Å². The predicted octanol–water partition coefficient (Wildman–Crippen LogP) is 2.60. The summed E-state index contributed by atoms with van der Waals surface area (Å²) in [6, 6.07) is 11.5. The van der Waals surface area contributed by atoms with Crippen molar-refractivity contribution in [2.45, 2.75) is 20.0 Å². The van der Waals surface area contributed by atoms with Gasteiger partial charge in [0.2, 0.25) is 5.88 Å². The van der Waals surface area contributed by atoms with Gasteiger partial charge in [-0.2, -0.15) is 0 Å². The average molecular weight is 282 g/mol. The molecule has 0 unspecified atom stereocenters. The zero-order valence-electron chi connectivity index (χ0n) is 12.2. The van der Waals surface area contributed by atoms with Gasteiger partial charge in [-0.15, -0.1) is 0 Å². The first kappa shape index (κ1) is 13.6. The maximum absolute atomic E-state index is 12.4. The monoisotopic (exact) mass is 282 g/mol. The van der Waals surface area contributed by atoms with Gasteiger partial charge in [0.15, 0.2) is 0 Å². The lowest BCUT2D eigenvalue weighted by Gasteiger charge is -2.38. The van der Waals surface area contributed by atoms with Crippen molar-refractivity contribution in [2.75, 3.05) is 13.1 Å². The molecule has 0 aliphatic carbocycles. The van der Waals surface area contributed by atoms with Gasteiger partial charge in [-0.25, -0.2) is 4.98 Å². The minimum atomic E-state index is 0.0368. The van der Waals surface area contributed by atoms with Crippen molar-refractivity contribution < 1.29 is 9.53 Å². The van der Waals surface area contributed by atoms with Crippen LogP contribution in [0.4, 0.5) is 0 Å². The Balaban J connectivity index is 1.59. The number of carbonyl (C=O) groups excluding carboxylic acids is 1. The molecule has 1 aliphatic rings. The lowest BCUT2D eigenvalue weighted by Crippen LogP contribution is -2.56. The molecular formula is C17H18N2O2. The van der Waals surface area contributed by atoms with Gasteiger partial charge in [0, 0.05) is 17.8 Å². The van der Waals surface area contributed by atoms with Gasteiger partial charge in [-0.3, -0.25) is 4.79 Å². The molecule has 0 spiro atoms. The Hall–Kier alpha value is -2.36. The first-order valence-electron chi connectivity index (χ1n) is 7.07. The highest BCUT2D eigenvalue weighted by atomic mass is 16.5. The van der Waals surface area contributed by atoms with E-state index in [9.17, 15) is 4.79 Å². The van der Waals surface area contributed by atoms with Crippen LogP contribution in [0.3, 0.4) is 0 Å². The zero-order chi connectivity index (χ0) is 14.8. The number of pyridine rings is 1. The van der Waals surface area contributed by atoms with E-state index in [1.807, 2.05) is 49.1 Å². The van der Waals surface area contributed by atoms with Crippen LogP contribution in [0, 0.1) is 13.8 Å². The first-order valence-corrected chi connectivity index (χ1v) is 7.07. The Morgan fingerprint density at radius 1 is 1.19 bits per heavy atom. The highest BCUT2D eigenvalue weighted by Crippen LogP contribution is 2.19. The summed E-state index contributed by atoms with van der Waals surface area (Å²) in [5.74, 6) is 0.684. The molecule has 4 nitrogen and oxygen atoms in total. The number of rotatable bonds is 3. The van der Waals surface area contributed by atoms with Crippen LogP contribution in [0.5, 0.6) is 5.88 Å². The van der Waals surface area contributed by atoms with Crippen molar-refractivity contribution >= 4 is 5.91 Å². The Kier molecular flexibility index (Phi) is 3.60. The quantitative estimate of drug-likeness (QED) is 0.869. The van der Waals surface area contributed by atoms with Crippen LogP contribution in [0.25, 0.3) is 0 Å². The van der Waals surface area contributed by atoms with Crippen molar-refractivity contribution in [3.63, 3.8) is 0 Å². The summed E-state index contributed by atoms with van der Waals surface area (Å²) in [4.78, 5) is 18.3. The van der Waals surface area contributed by atoms with E-state index in [0.29, 0.717) is 19.0 Å². The molecule has 2 aromatic rings. The van der Waals surface area contributed by atoms with Crippen LogP contribution >= 0.6 is 0 Å². The number of hydrogen-bond donors (Lipinski definition) is 0. The summed E-state index contributed by atoms with van der Waals surface area (Å²) >= 11 is 0. The molecule has 0 radical (unpaired) electrons. The maximum atomic E-state index is 12.4. The molecule has 2 heterocycles. The fraction of sp³-hybridized carbons (Fsp3) is 0.294. The summed E-state index contributed by atoms with van der Waals surface area (Å²) in [5, 5.41) is 0. The third kappa shape index (κ3) is 3.05. The summed E-state index contributed by atoms with van der Waals surface area (Å²) in [7, 11) is 0. The minimum Gasteiger partial charge on any atom is -0.471 e. The number of aryl methyl sites for hydroxylation is 2. The summed E-state index contributed by atoms with van der Waals surface area (Å²) in [5.41, 5.74) is 2.98. The smallest absolute Gasteiger partial charge is 0.254 e. The van der Waals surface area contributed by atoms with E-state index < -0.39 is 0 Å². The fourth-order valence-corrected chi connectivity index (χ4v) is 2.55. The van der Waals surface area contributed by atoms with Gasteiger partial charge in [-0.1, -0.05) is 23.3 Å². The molecule has 1 amide bonds. The zero-order valence-corrected chi connectivity index (χ0v) is 12.2. The molecule has 0 N–H and O–H groups in total. The topological polar surface area (TPSA) is 42.4 Å². The molecule has 108 valence electrons. The van der Waals surface area contributed by atoms with E-state index in [1.165, 1.54) is 0 Å². The molecule has 0 saturated carbocycles. The number of nitrogens with zero attached hydrogens (tertiary/aromatic N) is 2. The highest BCUT2D eigenvalue weighted by molar-refractivity contribution is 5.95. The second-order valence-corrected chi connectivity index (χ2v) is 5.49. The number of amides is 1. The summed E-state index contributed by atoms with van der Waals surface area (Å²) < 4.78 is 5.71. The molecule has 0 atom stereocenters. The molecule has 0 bridgehead atoms. The molecule has 1 saturated heterocycles. The van der Waals surface area contributed by atoms with Crippen LogP contribution in [-0.4, -0.2) is 35.0 Å². The van der Waals surface area contributed by atoms with E-state index in [1.54, 1.807) is 6.20 Å². The largest absolute Gasteiger partial charge is 0.471 e. The highest BCUT2D eigenvalue weighted by Gasteiger charge is 2.33. The van der Waals surface area contributed by atoms with Crippen LogP contribution < -0.4 is 4.74 Å². The van der Waals surface area contributed by atoms with Crippen molar-refractivity contribution in [1.29, 1.82) is 0 Å². The molecular weight excluding hydrogens is 264 g/mol. The number of carbonyl (C=O) groups is 1. The van der Waals surface area contributed by atoms with E-state index in [0.717, 1.165) is 16.7 Å². The van der Waals surface area contributed by atoms with Crippen molar-refractivity contribution in [3.8, 4) is 5.88 Å².